The van der Waals surface area contributed by atoms with Crippen LogP contribution in [0.1, 0.15) is 51.4 Å². The van der Waals surface area contributed by atoms with Gasteiger partial charge in [0, 0.05) is 19.1 Å². The molecule has 0 bridgehead atoms. The van der Waals surface area contributed by atoms with Crippen LogP contribution in [0.25, 0.3) is 0 Å². The van der Waals surface area contributed by atoms with Crippen LogP contribution in [-0.2, 0) is 9.84 Å². The van der Waals surface area contributed by atoms with Crippen molar-refractivity contribution in [3.63, 3.8) is 0 Å². The third kappa shape index (κ3) is 3.20. The number of likely N-dealkylation sites (tertiary alicyclic amines) is 1. The van der Waals surface area contributed by atoms with E-state index in [0.717, 1.165) is 32.2 Å². The zero-order valence-corrected chi connectivity index (χ0v) is 13.4. The van der Waals surface area contributed by atoms with Crippen LogP contribution in [0.15, 0.2) is 0 Å². The lowest BCUT2D eigenvalue weighted by atomic mass is 9.79. The first kappa shape index (κ1) is 15.1. The van der Waals surface area contributed by atoms with Gasteiger partial charge in [0.1, 0.15) is 0 Å². The van der Waals surface area contributed by atoms with E-state index in [-0.39, 0.29) is 23.6 Å². The molecular weight excluding hydrogens is 288 g/mol. The highest BCUT2D eigenvalue weighted by atomic mass is 32.2. The highest BCUT2D eigenvalue weighted by molar-refractivity contribution is 7.92. The summed E-state index contributed by atoms with van der Waals surface area (Å²) in [4.78, 5) is 14.3. The predicted octanol–water partition coefficient (Wildman–Crippen LogP) is 1.93. The Labute approximate surface area is 127 Å². The summed E-state index contributed by atoms with van der Waals surface area (Å²) in [5.74, 6) is 0.957. The van der Waals surface area contributed by atoms with Gasteiger partial charge in [-0.1, -0.05) is 12.8 Å². The van der Waals surface area contributed by atoms with Crippen LogP contribution >= 0.6 is 0 Å². The lowest BCUT2D eigenvalue weighted by Gasteiger charge is -2.37. The summed E-state index contributed by atoms with van der Waals surface area (Å²) in [6, 6.07) is 0.340. The molecule has 6 heteroatoms. The van der Waals surface area contributed by atoms with Crippen LogP contribution in [0.5, 0.6) is 0 Å². The molecule has 1 saturated carbocycles. The second-order valence-electron chi connectivity index (χ2n) is 6.76. The van der Waals surface area contributed by atoms with E-state index in [1.807, 2.05) is 4.90 Å². The predicted molar refractivity (Wildman–Crippen MR) is 81.9 cm³/mol. The van der Waals surface area contributed by atoms with Gasteiger partial charge in [-0.3, -0.25) is 0 Å². The normalized spacial score (nSPS) is 32.7. The van der Waals surface area contributed by atoms with Crippen molar-refractivity contribution in [1.29, 1.82) is 0 Å². The Balaban J connectivity index is 1.53. The van der Waals surface area contributed by atoms with Crippen LogP contribution in [0, 0.1) is 5.92 Å². The Morgan fingerprint density at radius 1 is 1.05 bits per heavy atom. The molecule has 2 heterocycles. The van der Waals surface area contributed by atoms with Crippen molar-refractivity contribution in [3.8, 4) is 0 Å². The van der Waals surface area contributed by atoms with E-state index in [1.165, 1.54) is 19.3 Å². The molecular formula is C15H26N2O3S. The van der Waals surface area contributed by atoms with E-state index in [1.54, 1.807) is 0 Å². The SMILES string of the molecule is O=C(NCC1CCCCS1(=O)=O)N1CCCC1C1CCC1. The summed E-state index contributed by atoms with van der Waals surface area (Å²) in [5, 5.41) is 2.52. The molecule has 0 spiro atoms. The van der Waals surface area contributed by atoms with Gasteiger partial charge in [-0.25, -0.2) is 13.2 Å². The van der Waals surface area contributed by atoms with E-state index >= 15 is 0 Å². The summed E-state index contributed by atoms with van der Waals surface area (Å²) < 4.78 is 24.0. The molecule has 3 fully saturated rings. The number of rotatable bonds is 3. The van der Waals surface area contributed by atoms with Gasteiger partial charge in [-0.2, -0.15) is 0 Å². The van der Waals surface area contributed by atoms with E-state index in [4.69, 9.17) is 0 Å². The third-order valence-electron chi connectivity index (χ3n) is 5.45. The quantitative estimate of drug-likeness (QED) is 0.865. The van der Waals surface area contributed by atoms with E-state index in [9.17, 15) is 13.2 Å². The van der Waals surface area contributed by atoms with Crippen molar-refractivity contribution < 1.29 is 13.2 Å². The standard InChI is InChI=1S/C15H26N2O3S/c18-15(16-11-13-7-1-2-10-21(13,19)20)17-9-4-8-14(17)12-5-3-6-12/h12-14H,1-11H2,(H,16,18). The van der Waals surface area contributed by atoms with Crippen molar-refractivity contribution in [2.75, 3.05) is 18.8 Å². The molecule has 2 saturated heterocycles. The largest absolute Gasteiger partial charge is 0.337 e. The number of urea groups is 1. The lowest BCUT2D eigenvalue weighted by Crippen LogP contribution is -2.49. The fraction of sp³-hybridized carbons (Fsp3) is 0.933. The molecule has 2 aliphatic heterocycles. The smallest absolute Gasteiger partial charge is 0.317 e. The van der Waals surface area contributed by atoms with Crippen LogP contribution in [0.2, 0.25) is 0 Å². The fourth-order valence-electron chi connectivity index (χ4n) is 3.91. The molecule has 1 aliphatic carbocycles. The van der Waals surface area contributed by atoms with Gasteiger partial charge in [0.25, 0.3) is 0 Å². The topological polar surface area (TPSA) is 66.5 Å². The van der Waals surface area contributed by atoms with Gasteiger partial charge in [-0.05, 0) is 44.4 Å². The fourth-order valence-corrected chi connectivity index (χ4v) is 5.72. The second kappa shape index (κ2) is 6.15. The van der Waals surface area contributed by atoms with Crippen molar-refractivity contribution in [1.82, 2.24) is 10.2 Å². The first-order chi connectivity index (χ1) is 10.1. The zero-order chi connectivity index (χ0) is 14.9. The number of sulfone groups is 1. The summed E-state index contributed by atoms with van der Waals surface area (Å²) >= 11 is 0. The number of nitrogens with zero attached hydrogens (tertiary/aromatic N) is 1. The Kier molecular flexibility index (Phi) is 4.43. The molecule has 120 valence electrons. The Morgan fingerprint density at radius 3 is 2.52 bits per heavy atom. The number of carbonyl (C=O) groups is 1. The molecule has 0 aromatic rings. The van der Waals surface area contributed by atoms with Crippen LogP contribution in [0.4, 0.5) is 4.79 Å². The molecule has 21 heavy (non-hydrogen) atoms. The summed E-state index contributed by atoms with van der Waals surface area (Å²) in [6.45, 7) is 1.11. The second-order valence-corrected chi connectivity index (χ2v) is 9.17. The molecule has 0 aromatic carbocycles. The monoisotopic (exact) mass is 314 g/mol. The Bertz CT molecular complexity index is 487. The summed E-state index contributed by atoms with van der Waals surface area (Å²) in [6.07, 6.45) is 8.37. The summed E-state index contributed by atoms with van der Waals surface area (Å²) in [5.41, 5.74) is 0. The first-order valence-electron chi connectivity index (χ1n) is 8.34. The molecule has 2 atom stereocenters. The maximum absolute atomic E-state index is 12.4. The van der Waals surface area contributed by atoms with Gasteiger partial charge in [0.05, 0.1) is 11.0 Å². The highest BCUT2D eigenvalue weighted by Crippen LogP contribution is 2.37. The molecule has 5 nitrogen and oxygen atoms in total. The maximum Gasteiger partial charge on any atom is 0.317 e. The molecule has 2 unspecified atom stereocenters. The van der Waals surface area contributed by atoms with Gasteiger partial charge < -0.3 is 10.2 Å². The van der Waals surface area contributed by atoms with Crippen molar-refractivity contribution in [2.45, 2.75) is 62.7 Å². The first-order valence-corrected chi connectivity index (χ1v) is 10.1. The van der Waals surface area contributed by atoms with Crippen molar-refractivity contribution >= 4 is 15.9 Å². The van der Waals surface area contributed by atoms with Crippen LogP contribution in [0.3, 0.4) is 0 Å². The Morgan fingerprint density at radius 2 is 1.86 bits per heavy atom. The van der Waals surface area contributed by atoms with E-state index < -0.39 is 9.84 Å². The van der Waals surface area contributed by atoms with Gasteiger partial charge in [0.15, 0.2) is 9.84 Å². The number of hydrogen-bond donors (Lipinski definition) is 1. The molecule has 0 radical (unpaired) electrons. The highest BCUT2D eigenvalue weighted by Gasteiger charge is 2.37. The van der Waals surface area contributed by atoms with E-state index in [0.29, 0.717) is 18.4 Å². The average Bonchev–Trinajstić information content (AvgIpc) is 2.83. The zero-order valence-electron chi connectivity index (χ0n) is 12.6. The minimum absolute atomic E-state index is 0.0508. The van der Waals surface area contributed by atoms with Crippen molar-refractivity contribution in [2.24, 2.45) is 5.92 Å². The number of nitrogens with one attached hydrogen (secondary N) is 1. The van der Waals surface area contributed by atoms with Gasteiger partial charge in [-0.15, -0.1) is 0 Å². The molecule has 2 amide bonds. The maximum atomic E-state index is 12.4. The Hall–Kier alpha value is -0.780. The minimum atomic E-state index is -3.00. The lowest BCUT2D eigenvalue weighted by molar-refractivity contribution is 0.139. The number of carbonyl (C=O) groups excluding carboxylic acids is 1. The van der Waals surface area contributed by atoms with Gasteiger partial charge in [0.2, 0.25) is 0 Å². The third-order valence-corrected chi connectivity index (χ3v) is 7.72. The van der Waals surface area contributed by atoms with Crippen molar-refractivity contribution in [3.05, 3.63) is 0 Å². The molecule has 3 aliphatic rings. The minimum Gasteiger partial charge on any atom is -0.337 e. The number of hydrogen-bond acceptors (Lipinski definition) is 3. The summed E-state index contributed by atoms with van der Waals surface area (Å²) in [7, 11) is -3.00. The van der Waals surface area contributed by atoms with Crippen LogP contribution < -0.4 is 5.32 Å². The molecule has 0 aromatic heterocycles. The average molecular weight is 314 g/mol. The molecule has 1 N–H and O–H groups in total. The number of amides is 2. The van der Waals surface area contributed by atoms with E-state index in [2.05, 4.69) is 5.32 Å². The van der Waals surface area contributed by atoms with Gasteiger partial charge >= 0.3 is 6.03 Å². The molecule has 3 rings (SSSR count). The van der Waals surface area contributed by atoms with Crippen LogP contribution in [-0.4, -0.2) is 49.5 Å².